The van der Waals surface area contributed by atoms with Crippen molar-refractivity contribution in [2.75, 3.05) is 9.80 Å². The van der Waals surface area contributed by atoms with Crippen LogP contribution < -0.4 is 26.2 Å². The van der Waals surface area contributed by atoms with E-state index in [0.717, 1.165) is 73.2 Å². The standard InChI is InChI=1S/C88H55BN4/c1-3-25-56(26-4-1)63-31-15-20-42-77(63)93-82-52-58(86-70-38-11-13-40-72(70)87(73-41-14-12-39-71(73)86)74-51-57-27-7-8-30-62(57)64-32-9-10-33-65(64)74)47-49-75(82)89-76-50-48-60(91-78-43-21-16-34-66(78)67-35-17-22-44-79(67)91)53-83(76)90(59-28-5-2-6-29-59)84-54-61(55-85(93)88(84)89)92-80-45-23-18-36-68(80)69-37-19-24-46-81(69)92/h1-55H. The molecule has 430 valence electrons. The Morgan fingerprint density at radius 3 is 1.25 bits per heavy atom. The van der Waals surface area contributed by atoms with Crippen LogP contribution in [0.5, 0.6) is 0 Å². The number of hydrogen-bond acceptors (Lipinski definition) is 2. The number of para-hydroxylation sites is 6. The van der Waals surface area contributed by atoms with Crippen LogP contribution >= 0.6 is 0 Å². The zero-order valence-electron chi connectivity index (χ0n) is 50.6. The molecule has 18 aromatic rings. The molecule has 93 heavy (non-hydrogen) atoms. The molecule has 0 aliphatic carbocycles. The van der Waals surface area contributed by atoms with Gasteiger partial charge in [0.05, 0.1) is 33.4 Å². The lowest BCUT2D eigenvalue weighted by Gasteiger charge is -2.45. The molecule has 0 radical (unpaired) electrons. The van der Waals surface area contributed by atoms with E-state index in [-0.39, 0.29) is 6.71 Å². The lowest BCUT2D eigenvalue weighted by Crippen LogP contribution is -2.61. The Hall–Kier alpha value is -12.2. The van der Waals surface area contributed by atoms with Crippen molar-refractivity contribution in [2.24, 2.45) is 0 Å². The van der Waals surface area contributed by atoms with Crippen LogP contribution in [-0.2, 0) is 0 Å². The monoisotopic (exact) mass is 1180 g/mol. The largest absolute Gasteiger partial charge is 0.311 e. The number of aromatic nitrogens is 2. The van der Waals surface area contributed by atoms with Gasteiger partial charge in [0.2, 0.25) is 0 Å². The number of rotatable bonds is 7. The molecule has 0 amide bonds. The minimum Gasteiger partial charge on any atom is -0.311 e. The van der Waals surface area contributed by atoms with E-state index >= 15 is 0 Å². The Labute approximate surface area is 538 Å². The van der Waals surface area contributed by atoms with Gasteiger partial charge in [-0.15, -0.1) is 0 Å². The van der Waals surface area contributed by atoms with Crippen molar-refractivity contribution in [1.82, 2.24) is 9.13 Å². The zero-order valence-corrected chi connectivity index (χ0v) is 50.6. The summed E-state index contributed by atoms with van der Waals surface area (Å²) < 4.78 is 4.98. The van der Waals surface area contributed by atoms with Crippen LogP contribution in [0.1, 0.15) is 0 Å². The van der Waals surface area contributed by atoms with Crippen LogP contribution in [0, 0.1) is 0 Å². The average Bonchev–Trinajstić information content (AvgIpc) is 1.18. The van der Waals surface area contributed by atoms with E-state index in [4.69, 9.17) is 0 Å². The normalized spacial score (nSPS) is 12.7. The molecule has 0 atom stereocenters. The minimum absolute atomic E-state index is 0.175. The summed E-state index contributed by atoms with van der Waals surface area (Å²) in [7, 11) is 0. The van der Waals surface area contributed by atoms with Gasteiger partial charge in [0.25, 0.3) is 6.71 Å². The maximum absolute atomic E-state index is 2.63. The summed E-state index contributed by atoms with van der Waals surface area (Å²) in [5, 5.41) is 14.8. The Kier molecular flexibility index (Phi) is 11.2. The number of anilines is 6. The summed E-state index contributed by atoms with van der Waals surface area (Å²) in [5.41, 5.74) is 24.5. The molecule has 0 fully saturated rings. The molecule has 0 bridgehead atoms. The predicted molar refractivity (Wildman–Crippen MR) is 395 cm³/mol. The second-order valence-corrected chi connectivity index (χ2v) is 25.0. The molecule has 2 aliphatic heterocycles. The van der Waals surface area contributed by atoms with E-state index < -0.39 is 0 Å². The first-order valence-electron chi connectivity index (χ1n) is 32.3. The highest BCUT2D eigenvalue weighted by Crippen LogP contribution is 2.52. The van der Waals surface area contributed by atoms with Crippen molar-refractivity contribution < 1.29 is 0 Å². The van der Waals surface area contributed by atoms with Gasteiger partial charge in [-0.1, -0.05) is 255 Å². The lowest BCUT2D eigenvalue weighted by molar-refractivity contribution is 1.15. The van der Waals surface area contributed by atoms with E-state index in [9.17, 15) is 0 Å². The third-order valence-corrected chi connectivity index (χ3v) is 20.2. The van der Waals surface area contributed by atoms with Crippen LogP contribution in [0.2, 0.25) is 0 Å². The van der Waals surface area contributed by atoms with Gasteiger partial charge in [0.15, 0.2) is 0 Å². The van der Waals surface area contributed by atoms with Gasteiger partial charge in [-0.2, -0.15) is 0 Å². The Morgan fingerprint density at radius 1 is 0.215 bits per heavy atom. The molecule has 16 aromatic carbocycles. The fraction of sp³-hybridized carbons (Fsp3) is 0. The van der Waals surface area contributed by atoms with Crippen molar-refractivity contribution in [3.63, 3.8) is 0 Å². The van der Waals surface area contributed by atoms with E-state index in [0.29, 0.717) is 0 Å². The van der Waals surface area contributed by atoms with Gasteiger partial charge in [-0.05, 0) is 166 Å². The molecular formula is C88H55BN4. The fourth-order valence-electron chi connectivity index (χ4n) is 16.4. The molecule has 2 aliphatic rings. The molecule has 4 heterocycles. The van der Waals surface area contributed by atoms with Gasteiger partial charge in [0, 0.05) is 61.2 Å². The lowest BCUT2D eigenvalue weighted by atomic mass is 9.33. The van der Waals surface area contributed by atoms with Crippen LogP contribution in [0.4, 0.5) is 34.1 Å². The highest BCUT2D eigenvalue weighted by Gasteiger charge is 2.45. The molecule has 0 saturated carbocycles. The minimum atomic E-state index is -0.175. The highest BCUT2D eigenvalue weighted by molar-refractivity contribution is 7.00. The summed E-state index contributed by atoms with van der Waals surface area (Å²) >= 11 is 0. The van der Waals surface area contributed by atoms with Crippen LogP contribution in [0.15, 0.2) is 334 Å². The van der Waals surface area contributed by atoms with Crippen LogP contribution in [0.25, 0.3) is 131 Å². The van der Waals surface area contributed by atoms with Crippen molar-refractivity contribution in [3.8, 4) is 44.8 Å². The predicted octanol–water partition coefficient (Wildman–Crippen LogP) is 21.6. The van der Waals surface area contributed by atoms with Gasteiger partial charge in [-0.25, -0.2) is 0 Å². The molecule has 0 unspecified atom stereocenters. The summed E-state index contributed by atoms with van der Waals surface area (Å²) in [4.78, 5) is 5.20. The summed E-state index contributed by atoms with van der Waals surface area (Å²) in [5.74, 6) is 0. The first-order valence-corrected chi connectivity index (χ1v) is 32.3. The number of hydrogen-bond donors (Lipinski definition) is 0. The van der Waals surface area contributed by atoms with E-state index in [1.807, 2.05) is 0 Å². The SMILES string of the molecule is c1ccc(-c2ccccc2N2c3cc(-c4c5ccccc5c(-c5cc6ccccc6c6ccccc56)c5ccccc45)ccc3B3c4ccc(-n5c6ccccc6c6ccccc65)cc4N(c4ccccc4)c4cc(-n5c6ccccc6c6ccccc65)cc2c43)cc1. The Morgan fingerprint density at radius 2 is 0.645 bits per heavy atom. The molecule has 2 aromatic heterocycles. The van der Waals surface area contributed by atoms with Crippen molar-refractivity contribution in [2.45, 2.75) is 0 Å². The smallest absolute Gasteiger partial charge is 0.252 e. The van der Waals surface area contributed by atoms with Crippen LogP contribution in [-0.4, -0.2) is 15.8 Å². The molecule has 0 saturated heterocycles. The highest BCUT2D eigenvalue weighted by atomic mass is 15.2. The van der Waals surface area contributed by atoms with E-state index in [1.165, 1.54) is 109 Å². The third kappa shape index (κ3) is 7.56. The number of fused-ring (bicyclic) bond motifs is 15. The van der Waals surface area contributed by atoms with Gasteiger partial charge >= 0.3 is 0 Å². The summed E-state index contributed by atoms with van der Waals surface area (Å²) in [6, 6.07) is 125. The molecule has 4 nitrogen and oxygen atoms in total. The maximum Gasteiger partial charge on any atom is 0.252 e. The summed E-state index contributed by atoms with van der Waals surface area (Å²) in [6.45, 7) is -0.175. The van der Waals surface area contributed by atoms with E-state index in [2.05, 4.69) is 353 Å². The second kappa shape index (κ2) is 20.2. The molecule has 0 spiro atoms. The van der Waals surface area contributed by atoms with Crippen molar-refractivity contribution in [3.05, 3.63) is 334 Å². The number of nitrogens with zero attached hydrogens (tertiary/aromatic N) is 4. The quantitative estimate of drug-likeness (QED) is 0.0898. The average molecular weight is 1180 g/mol. The Balaban J connectivity index is 0.914. The first-order chi connectivity index (χ1) is 46.2. The van der Waals surface area contributed by atoms with Gasteiger partial charge in [0.1, 0.15) is 0 Å². The molecular weight excluding hydrogens is 1120 g/mol. The number of benzene rings is 16. The topological polar surface area (TPSA) is 16.3 Å². The molecule has 20 rings (SSSR count). The van der Waals surface area contributed by atoms with Crippen LogP contribution in [0.3, 0.4) is 0 Å². The summed E-state index contributed by atoms with van der Waals surface area (Å²) in [6.07, 6.45) is 0. The maximum atomic E-state index is 2.63. The van der Waals surface area contributed by atoms with Gasteiger partial charge < -0.3 is 18.9 Å². The zero-order chi connectivity index (χ0) is 60.8. The fourth-order valence-corrected chi connectivity index (χ4v) is 16.4. The first kappa shape index (κ1) is 51.7. The molecule has 0 N–H and O–H groups in total. The second-order valence-electron chi connectivity index (χ2n) is 25.0. The Bertz CT molecular complexity index is 6000. The van der Waals surface area contributed by atoms with Crippen molar-refractivity contribution >= 4 is 144 Å². The molecule has 5 heteroatoms. The third-order valence-electron chi connectivity index (χ3n) is 20.2. The van der Waals surface area contributed by atoms with Gasteiger partial charge in [-0.3, -0.25) is 0 Å². The van der Waals surface area contributed by atoms with E-state index in [1.54, 1.807) is 0 Å². The van der Waals surface area contributed by atoms with Crippen molar-refractivity contribution in [1.29, 1.82) is 0 Å².